The van der Waals surface area contributed by atoms with Crippen LogP contribution in [0, 0.1) is 5.92 Å². The lowest BCUT2D eigenvalue weighted by Crippen LogP contribution is -2.32. The third kappa shape index (κ3) is 5.11. The normalized spacial score (nSPS) is 11.7. The van der Waals surface area contributed by atoms with Gasteiger partial charge in [-0.05, 0) is 41.5 Å². The molecule has 0 heterocycles. The predicted octanol–water partition coefficient (Wildman–Crippen LogP) is 4.40. The second-order valence-electron chi connectivity index (χ2n) is 6.01. The molecule has 0 aliphatic carbocycles. The topological polar surface area (TPSA) is 55.4 Å². The van der Waals surface area contributed by atoms with E-state index in [0.29, 0.717) is 11.4 Å². The van der Waals surface area contributed by atoms with Crippen molar-refractivity contribution in [3.63, 3.8) is 0 Å². The smallest absolute Gasteiger partial charge is 0.319 e. The number of anilines is 1. The number of esters is 1. The number of thioether (sulfide) groups is 1. The molecule has 0 radical (unpaired) electrons. The highest BCUT2D eigenvalue weighted by Gasteiger charge is 2.27. The van der Waals surface area contributed by atoms with Gasteiger partial charge in [0.05, 0.1) is 7.11 Å². The first-order valence-electron chi connectivity index (χ1n) is 8.66. The summed E-state index contributed by atoms with van der Waals surface area (Å²) >= 11 is 1.44. The van der Waals surface area contributed by atoms with Gasteiger partial charge in [0, 0.05) is 11.4 Å². The number of hydrogen-bond donors (Lipinski definition) is 1. The maximum atomic E-state index is 12.5. The van der Waals surface area contributed by atoms with Crippen molar-refractivity contribution in [2.45, 2.75) is 19.8 Å². The van der Waals surface area contributed by atoms with Gasteiger partial charge in [-0.25, -0.2) is 0 Å². The zero-order chi connectivity index (χ0) is 18.9. The number of rotatable bonds is 8. The lowest BCUT2D eigenvalue weighted by atomic mass is 9.96. The fraction of sp³-hybridized carbons (Fsp3) is 0.333. The molecule has 1 atom stereocenters. The predicted molar refractivity (Wildman–Crippen MR) is 108 cm³/mol. The van der Waals surface area contributed by atoms with Crippen LogP contribution in [0.1, 0.15) is 18.9 Å². The minimum absolute atomic E-state index is 0.332. The molecule has 2 rings (SSSR count). The van der Waals surface area contributed by atoms with Crippen molar-refractivity contribution in [2.75, 3.05) is 24.4 Å². The van der Waals surface area contributed by atoms with E-state index in [1.165, 1.54) is 30.0 Å². The Morgan fingerprint density at radius 1 is 1.15 bits per heavy atom. The van der Waals surface area contributed by atoms with Crippen LogP contribution < -0.4 is 5.32 Å². The number of methoxy groups -OCH3 is 1. The summed E-state index contributed by atoms with van der Waals surface area (Å²) in [6, 6.07) is 16.1. The van der Waals surface area contributed by atoms with E-state index < -0.39 is 11.9 Å². The molecule has 2 aromatic carbocycles. The molecular weight excluding hydrogens is 346 g/mol. The molecule has 1 N–H and O–H groups in total. The van der Waals surface area contributed by atoms with Crippen molar-refractivity contribution in [3.05, 3.63) is 54.1 Å². The van der Waals surface area contributed by atoms with E-state index in [-0.39, 0.29) is 5.91 Å². The van der Waals surface area contributed by atoms with E-state index in [2.05, 4.69) is 24.4 Å². The Morgan fingerprint density at radius 3 is 2.50 bits per heavy atom. The number of ether oxygens (including phenoxy) is 1. The van der Waals surface area contributed by atoms with E-state index in [9.17, 15) is 9.59 Å². The number of nitrogens with one attached hydrogen (secondary N) is 1. The zero-order valence-electron chi connectivity index (χ0n) is 15.5. The monoisotopic (exact) mass is 371 g/mol. The van der Waals surface area contributed by atoms with Crippen molar-refractivity contribution in [2.24, 2.45) is 5.92 Å². The molecule has 0 spiro atoms. The first-order chi connectivity index (χ1) is 12.6. The van der Waals surface area contributed by atoms with Crippen LogP contribution in [0.15, 0.2) is 48.5 Å². The fourth-order valence-corrected chi connectivity index (χ4v) is 3.46. The van der Waals surface area contributed by atoms with Crippen LogP contribution in [-0.2, 0) is 20.7 Å². The van der Waals surface area contributed by atoms with E-state index >= 15 is 0 Å². The molecule has 1 amide bonds. The van der Waals surface area contributed by atoms with Crippen LogP contribution in [0.25, 0.3) is 11.1 Å². The average Bonchev–Trinajstić information content (AvgIpc) is 2.66. The summed E-state index contributed by atoms with van der Waals surface area (Å²) in [5.41, 5.74) is 4.20. The van der Waals surface area contributed by atoms with E-state index in [0.717, 1.165) is 18.4 Å². The first kappa shape index (κ1) is 20.0. The largest absolute Gasteiger partial charge is 0.468 e. The summed E-state index contributed by atoms with van der Waals surface area (Å²) < 4.78 is 4.75. The molecule has 2 aromatic rings. The van der Waals surface area contributed by atoms with Gasteiger partial charge in [-0.15, -0.1) is 0 Å². The summed E-state index contributed by atoms with van der Waals surface area (Å²) in [7, 11) is 1.30. The van der Waals surface area contributed by atoms with E-state index in [4.69, 9.17) is 4.74 Å². The Labute approximate surface area is 159 Å². The van der Waals surface area contributed by atoms with Gasteiger partial charge in [0.15, 0.2) is 0 Å². The Kier molecular flexibility index (Phi) is 7.73. The minimum atomic E-state index is -0.807. The highest BCUT2D eigenvalue weighted by Crippen LogP contribution is 2.28. The van der Waals surface area contributed by atoms with Crippen molar-refractivity contribution in [1.29, 1.82) is 0 Å². The van der Waals surface area contributed by atoms with Crippen LogP contribution in [0.4, 0.5) is 5.69 Å². The van der Waals surface area contributed by atoms with Gasteiger partial charge in [-0.3, -0.25) is 9.59 Å². The van der Waals surface area contributed by atoms with Crippen LogP contribution in [0.2, 0.25) is 0 Å². The van der Waals surface area contributed by atoms with Crippen molar-refractivity contribution in [3.8, 4) is 11.1 Å². The standard InChI is InChI=1S/C21H25NO3S/c1-4-8-16-13-17(11-12-18(16)15-9-6-5-7-10-15)22-20(23)19(14-26-3)21(24)25-2/h5-7,9-13,19H,4,8,14H2,1-3H3,(H,22,23)/t19-/m0/s1. The number of amides is 1. The number of carbonyl (C=O) groups is 2. The molecule has 5 heteroatoms. The molecule has 0 saturated carbocycles. The van der Waals surface area contributed by atoms with Crippen LogP contribution in [0.3, 0.4) is 0 Å². The Morgan fingerprint density at radius 2 is 1.88 bits per heavy atom. The molecule has 0 aromatic heterocycles. The van der Waals surface area contributed by atoms with Crippen LogP contribution >= 0.6 is 11.8 Å². The molecule has 0 bridgehead atoms. The first-order valence-corrected chi connectivity index (χ1v) is 10.1. The summed E-state index contributed by atoms with van der Waals surface area (Å²) in [6.07, 6.45) is 3.78. The molecule has 4 nitrogen and oxygen atoms in total. The lowest BCUT2D eigenvalue weighted by molar-refractivity contribution is -0.147. The molecule has 26 heavy (non-hydrogen) atoms. The average molecular weight is 372 g/mol. The quantitative estimate of drug-likeness (QED) is 0.552. The SMILES string of the molecule is CCCc1cc(NC(=O)[C@H](CSC)C(=O)OC)ccc1-c1ccccc1. The van der Waals surface area contributed by atoms with Gasteiger partial charge in [-0.2, -0.15) is 11.8 Å². The minimum Gasteiger partial charge on any atom is -0.468 e. The molecule has 0 unspecified atom stereocenters. The van der Waals surface area contributed by atoms with Gasteiger partial charge in [0.1, 0.15) is 5.92 Å². The van der Waals surface area contributed by atoms with Gasteiger partial charge >= 0.3 is 5.97 Å². The molecule has 138 valence electrons. The van der Waals surface area contributed by atoms with Crippen molar-refractivity contribution in [1.82, 2.24) is 0 Å². The van der Waals surface area contributed by atoms with Crippen LogP contribution in [-0.4, -0.2) is 31.0 Å². The Hall–Kier alpha value is -2.27. The van der Waals surface area contributed by atoms with Gasteiger partial charge in [0.2, 0.25) is 5.91 Å². The highest BCUT2D eigenvalue weighted by molar-refractivity contribution is 7.98. The maximum absolute atomic E-state index is 12.5. The number of carbonyl (C=O) groups excluding carboxylic acids is 2. The van der Waals surface area contributed by atoms with Crippen LogP contribution in [0.5, 0.6) is 0 Å². The summed E-state index contributed by atoms with van der Waals surface area (Å²) in [6.45, 7) is 2.13. The Bertz CT molecular complexity index is 746. The summed E-state index contributed by atoms with van der Waals surface area (Å²) in [5.74, 6) is -1.26. The van der Waals surface area contributed by atoms with Gasteiger partial charge in [-0.1, -0.05) is 49.7 Å². The highest BCUT2D eigenvalue weighted by atomic mass is 32.2. The van der Waals surface area contributed by atoms with E-state index in [1.54, 1.807) is 0 Å². The van der Waals surface area contributed by atoms with Crippen molar-refractivity contribution >= 4 is 29.3 Å². The molecule has 0 aliphatic rings. The summed E-state index contributed by atoms with van der Waals surface area (Å²) in [4.78, 5) is 24.3. The van der Waals surface area contributed by atoms with Crippen molar-refractivity contribution < 1.29 is 14.3 Å². The molecule has 0 fully saturated rings. The maximum Gasteiger partial charge on any atom is 0.319 e. The second kappa shape index (κ2) is 10.0. The third-order valence-corrected chi connectivity index (χ3v) is 4.78. The number of benzene rings is 2. The van der Waals surface area contributed by atoms with E-state index in [1.807, 2.05) is 42.7 Å². The Balaban J connectivity index is 2.26. The summed E-state index contributed by atoms with van der Waals surface area (Å²) in [5, 5.41) is 2.87. The molecular formula is C21H25NO3S. The number of aryl methyl sites for hydroxylation is 1. The van der Waals surface area contributed by atoms with Gasteiger partial charge in [0.25, 0.3) is 0 Å². The second-order valence-corrected chi connectivity index (χ2v) is 6.92. The zero-order valence-corrected chi connectivity index (χ0v) is 16.3. The van der Waals surface area contributed by atoms with Gasteiger partial charge < -0.3 is 10.1 Å². The fourth-order valence-electron chi connectivity index (χ4n) is 2.84. The molecule has 0 saturated heterocycles. The lowest BCUT2D eigenvalue weighted by Gasteiger charge is -2.16. The molecule has 0 aliphatic heterocycles. The third-order valence-electron chi connectivity index (χ3n) is 4.11. The number of hydrogen-bond acceptors (Lipinski definition) is 4.